The second kappa shape index (κ2) is 4.76. The van der Waals surface area contributed by atoms with Crippen LogP contribution in [0.1, 0.15) is 11.1 Å². The van der Waals surface area contributed by atoms with Gasteiger partial charge < -0.3 is 20.3 Å². The van der Waals surface area contributed by atoms with Gasteiger partial charge in [-0.25, -0.2) is 0 Å². The summed E-state index contributed by atoms with van der Waals surface area (Å²) in [6, 6.07) is 3.39. The van der Waals surface area contributed by atoms with E-state index in [2.05, 4.69) is 0 Å². The highest BCUT2D eigenvalue weighted by molar-refractivity contribution is 6.15. The quantitative estimate of drug-likeness (QED) is 0.717. The predicted molar refractivity (Wildman–Crippen MR) is 63.0 cm³/mol. The van der Waals surface area contributed by atoms with E-state index in [0.717, 1.165) is 5.56 Å². The summed E-state index contributed by atoms with van der Waals surface area (Å²) in [4.78, 5) is 0. The second-order valence-corrected chi connectivity index (χ2v) is 3.65. The Balaban J connectivity index is 3.36. The molecule has 0 saturated carbocycles. The molecule has 0 spiro atoms. The molecule has 2 radical (unpaired) electrons. The van der Waals surface area contributed by atoms with Crippen molar-refractivity contribution in [1.82, 2.24) is 0 Å². The lowest BCUT2D eigenvalue weighted by atomic mass is 9.75. The van der Waals surface area contributed by atoms with E-state index in [1.807, 2.05) is 6.92 Å². The number of aliphatic hydroxyl groups is 1. The smallest absolute Gasteiger partial charge is 0.124 e. The molecular weight excluding hydrogens is 205 g/mol. The van der Waals surface area contributed by atoms with Crippen LogP contribution in [0.25, 0.3) is 0 Å². The molecule has 16 heavy (non-hydrogen) atoms. The van der Waals surface area contributed by atoms with Gasteiger partial charge in [0.15, 0.2) is 0 Å². The lowest BCUT2D eigenvalue weighted by Crippen LogP contribution is -2.35. The van der Waals surface area contributed by atoms with E-state index >= 15 is 0 Å². The summed E-state index contributed by atoms with van der Waals surface area (Å²) in [7, 11) is 8.75. The van der Waals surface area contributed by atoms with Crippen LogP contribution in [0.4, 0.5) is 0 Å². The lowest BCUT2D eigenvalue weighted by Gasteiger charge is -2.25. The van der Waals surface area contributed by atoms with E-state index < -0.39 is 5.50 Å². The number of aryl methyl sites for hydroxylation is 1. The first-order chi connectivity index (χ1) is 7.46. The molecule has 5 heteroatoms. The van der Waals surface area contributed by atoms with Crippen molar-refractivity contribution in [3.63, 3.8) is 0 Å². The molecule has 4 nitrogen and oxygen atoms in total. The minimum atomic E-state index is -1.62. The average molecular weight is 221 g/mol. The third-order valence-electron chi connectivity index (χ3n) is 2.49. The van der Waals surface area contributed by atoms with Crippen LogP contribution >= 0.6 is 0 Å². The highest BCUT2D eigenvalue weighted by Gasteiger charge is 2.25. The summed E-state index contributed by atoms with van der Waals surface area (Å²) in [5.74, 6) is 1.13. The van der Waals surface area contributed by atoms with Gasteiger partial charge >= 0.3 is 0 Å². The van der Waals surface area contributed by atoms with Crippen molar-refractivity contribution in [1.29, 1.82) is 0 Å². The van der Waals surface area contributed by atoms with E-state index in [0.29, 0.717) is 17.1 Å². The van der Waals surface area contributed by atoms with E-state index in [1.165, 1.54) is 7.11 Å². The molecule has 0 saturated heterocycles. The zero-order valence-electron chi connectivity index (χ0n) is 9.78. The largest absolute Gasteiger partial charge is 0.496 e. The fourth-order valence-electron chi connectivity index (χ4n) is 1.50. The molecule has 0 aliphatic carbocycles. The van der Waals surface area contributed by atoms with E-state index in [9.17, 15) is 5.11 Å². The lowest BCUT2D eigenvalue weighted by molar-refractivity contribution is 0.133. The molecule has 0 heterocycles. The first-order valence-corrected chi connectivity index (χ1v) is 4.90. The number of rotatable bonds is 4. The number of benzene rings is 1. The number of nitrogens with two attached hydrogens (primary N) is 1. The average Bonchev–Trinajstić information content (AvgIpc) is 2.28. The van der Waals surface area contributed by atoms with Gasteiger partial charge in [0.05, 0.1) is 19.7 Å². The predicted octanol–water partition coefficient (Wildman–Crippen LogP) is 0.285. The molecule has 1 aromatic carbocycles. The Hall–Kier alpha value is -1.20. The maximum absolute atomic E-state index is 9.93. The van der Waals surface area contributed by atoms with Gasteiger partial charge in [-0.2, -0.15) is 0 Å². The highest BCUT2D eigenvalue weighted by atomic mass is 16.5. The molecule has 1 atom stereocenters. The fraction of sp³-hybridized carbons (Fsp3) is 0.455. The Kier molecular flexibility index (Phi) is 3.83. The van der Waals surface area contributed by atoms with Gasteiger partial charge in [-0.1, -0.05) is 0 Å². The zero-order chi connectivity index (χ0) is 12.3. The third kappa shape index (κ3) is 2.31. The van der Waals surface area contributed by atoms with Crippen LogP contribution in [0.3, 0.4) is 0 Å². The molecule has 3 N–H and O–H groups in total. The minimum Gasteiger partial charge on any atom is -0.496 e. The van der Waals surface area contributed by atoms with Crippen LogP contribution in [-0.2, 0) is 5.50 Å². The molecule has 0 aliphatic heterocycles. The molecule has 1 unspecified atom stereocenters. The minimum absolute atomic E-state index is 0.102. The Morgan fingerprint density at radius 3 is 2.31 bits per heavy atom. The van der Waals surface area contributed by atoms with Gasteiger partial charge in [0.25, 0.3) is 0 Å². The number of hydrogen-bond donors (Lipinski definition) is 2. The summed E-state index contributed by atoms with van der Waals surface area (Å²) >= 11 is 0. The van der Waals surface area contributed by atoms with Crippen LogP contribution in [-0.4, -0.2) is 33.7 Å². The molecular formula is C11H16BNO3. The summed E-state index contributed by atoms with van der Waals surface area (Å²) in [5.41, 5.74) is 5.12. The van der Waals surface area contributed by atoms with Gasteiger partial charge in [-0.05, 0) is 24.6 Å². The van der Waals surface area contributed by atoms with Crippen LogP contribution in [0.15, 0.2) is 12.1 Å². The van der Waals surface area contributed by atoms with Crippen LogP contribution in [0, 0.1) is 6.92 Å². The van der Waals surface area contributed by atoms with Crippen molar-refractivity contribution in [2.45, 2.75) is 12.4 Å². The van der Waals surface area contributed by atoms with Gasteiger partial charge in [0.1, 0.15) is 19.3 Å². The molecule has 0 aliphatic rings. The maximum atomic E-state index is 9.93. The Bertz CT molecular complexity index is 380. The van der Waals surface area contributed by atoms with Crippen molar-refractivity contribution in [3.05, 3.63) is 23.3 Å². The van der Waals surface area contributed by atoms with Crippen molar-refractivity contribution >= 4 is 7.85 Å². The Morgan fingerprint density at radius 1 is 1.31 bits per heavy atom. The Morgan fingerprint density at radius 2 is 1.88 bits per heavy atom. The molecule has 0 aromatic heterocycles. The first-order valence-electron chi connectivity index (χ1n) is 4.90. The number of ether oxygens (including phenoxy) is 2. The van der Waals surface area contributed by atoms with Gasteiger partial charge in [0.2, 0.25) is 0 Å². The van der Waals surface area contributed by atoms with E-state index in [4.69, 9.17) is 23.1 Å². The molecule has 86 valence electrons. The molecule has 1 aromatic rings. The highest BCUT2D eigenvalue weighted by Crippen LogP contribution is 2.33. The van der Waals surface area contributed by atoms with E-state index in [1.54, 1.807) is 19.2 Å². The summed E-state index contributed by atoms with van der Waals surface area (Å²) in [5, 5.41) is 9.93. The first kappa shape index (κ1) is 12.9. The molecule has 0 fully saturated rings. The molecule has 1 rings (SSSR count). The van der Waals surface area contributed by atoms with Crippen LogP contribution in [0.5, 0.6) is 11.5 Å². The zero-order valence-corrected chi connectivity index (χ0v) is 9.78. The fourth-order valence-corrected chi connectivity index (χ4v) is 1.50. The summed E-state index contributed by atoms with van der Waals surface area (Å²) < 4.78 is 10.3. The van der Waals surface area contributed by atoms with Crippen molar-refractivity contribution < 1.29 is 14.6 Å². The Labute approximate surface area is 96.8 Å². The number of methoxy groups -OCH3 is 2. The van der Waals surface area contributed by atoms with Crippen LogP contribution in [0.2, 0.25) is 0 Å². The SMILES string of the molecule is [B]C(O)(CN)c1cc(OC)c(C)cc1OC. The normalized spacial score (nSPS) is 14.3. The standard InChI is InChI=1S/C11H16BNO3/c1-7-4-10(16-3)8(5-9(7)15-2)11(12,14)6-13/h4-5,14H,6,13H2,1-3H3. The van der Waals surface area contributed by atoms with Crippen LogP contribution < -0.4 is 15.2 Å². The van der Waals surface area contributed by atoms with Gasteiger partial charge in [-0.15, -0.1) is 0 Å². The van der Waals surface area contributed by atoms with Gasteiger partial charge in [-0.3, -0.25) is 0 Å². The topological polar surface area (TPSA) is 64.7 Å². The van der Waals surface area contributed by atoms with Crippen molar-refractivity contribution in [3.8, 4) is 11.5 Å². The van der Waals surface area contributed by atoms with Crippen molar-refractivity contribution in [2.24, 2.45) is 5.73 Å². The van der Waals surface area contributed by atoms with E-state index in [-0.39, 0.29) is 6.54 Å². The summed E-state index contributed by atoms with van der Waals surface area (Å²) in [6.07, 6.45) is 0. The summed E-state index contributed by atoms with van der Waals surface area (Å²) in [6.45, 7) is 1.78. The molecule has 0 amide bonds. The number of hydrogen-bond acceptors (Lipinski definition) is 4. The second-order valence-electron chi connectivity index (χ2n) is 3.65. The monoisotopic (exact) mass is 221 g/mol. The van der Waals surface area contributed by atoms with Crippen molar-refractivity contribution in [2.75, 3.05) is 20.8 Å². The maximum Gasteiger partial charge on any atom is 0.124 e. The van der Waals surface area contributed by atoms with Gasteiger partial charge in [0, 0.05) is 12.1 Å². The third-order valence-corrected chi connectivity index (χ3v) is 2.49. The molecule has 0 bridgehead atoms.